The Hall–Kier alpha value is -1.79. The van der Waals surface area contributed by atoms with Crippen molar-refractivity contribution in [3.05, 3.63) is 47.0 Å². The lowest BCUT2D eigenvalue weighted by Gasteiger charge is -2.15. The molecular formula is C12H8F6O. The van der Waals surface area contributed by atoms with E-state index in [1.807, 2.05) is 0 Å². The highest BCUT2D eigenvalue weighted by Gasteiger charge is 2.39. The normalized spacial score (nSPS) is 12.4. The summed E-state index contributed by atoms with van der Waals surface area (Å²) in [6.45, 7) is 4.37. The van der Waals surface area contributed by atoms with E-state index in [1.165, 1.54) is 6.92 Å². The largest absolute Gasteiger partial charge is 0.417 e. The lowest BCUT2D eigenvalue weighted by molar-refractivity contribution is -0.143. The summed E-state index contributed by atoms with van der Waals surface area (Å²) in [5.41, 5.74) is -4.10. The summed E-state index contributed by atoms with van der Waals surface area (Å²) in [4.78, 5) is 11.5. The Labute approximate surface area is 104 Å². The standard InChI is InChI=1S/C12H8F6O/c1-6(2)10(19)8-4-3-7(11(13,14)15)5-9(8)12(16,17)18/h3-5H,1H2,2H3. The molecule has 0 aliphatic carbocycles. The summed E-state index contributed by atoms with van der Waals surface area (Å²) >= 11 is 0. The number of hydrogen-bond donors (Lipinski definition) is 0. The van der Waals surface area contributed by atoms with Crippen molar-refractivity contribution in [1.82, 2.24) is 0 Å². The second-order valence-electron chi connectivity index (χ2n) is 3.87. The van der Waals surface area contributed by atoms with Gasteiger partial charge in [0, 0.05) is 5.56 Å². The van der Waals surface area contributed by atoms with Gasteiger partial charge in [-0.2, -0.15) is 26.3 Å². The Morgan fingerprint density at radius 2 is 1.58 bits per heavy atom. The van der Waals surface area contributed by atoms with Crippen LogP contribution in [0.2, 0.25) is 0 Å². The highest BCUT2D eigenvalue weighted by atomic mass is 19.4. The summed E-state index contributed by atoms with van der Waals surface area (Å²) in [7, 11) is 0. The van der Waals surface area contributed by atoms with Crippen molar-refractivity contribution >= 4 is 5.78 Å². The highest BCUT2D eigenvalue weighted by Crippen LogP contribution is 2.37. The molecule has 0 bridgehead atoms. The zero-order valence-corrected chi connectivity index (χ0v) is 9.62. The van der Waals surface area contributed by atoms with Crippen LogP contribution in [0.4, 0.5) is 26.3 Å². The Morgan fingerprint density at radius 1 is 1.05 bits per heavy atom. The van der Waals surface area contributed by atoms with Crippen molar-refractivity contribution in [3.8, 4) is 0 Å². The summed E-state index contributed by atoms with van der Waals surface area (Å²) in [5.74, 6) is -1.04. The van der Waals surface area contributed by atoms with Crippen molar-refractivity contribution in [2.24, 2.45) is 0 Å². The number of Topliss-reactive ketones (excluding diaryl/α,β-unsaturated/α-hetero) is 1. The molecule has 0 aromatic heterocycles. The molecule has 0 saturated carbocycles. The number of ketones is 1. The van der Waals surface area contributed by atoms with Gasteiger partial charge in [0.15, 0.2) is 5.78 Å². The topological polar surface area (TPSA) is 17.1 Å². The van der Waals surface area contributed by atoms with Crippen LogP contribution in [0.1, 0.15) is 28.4 Å². The molecule has 1 aromatic carbocycles. The Bertz CT molecular complexity index is 524. The molecule has 0 saturated heterocycles. The van der Waals surface area contributed by atoms with Crippen LogP contribution in [0.3, 0.4) is 0 Å². The van der Waals surface area contributed by atoms with Gasteiger partial charge in [0.1, 0.15) is 0 Å². The van der Waals surface area contributed by atoms with Crippen LogP contribution >= 0.6 is 0 Å². The second-order valence-corrected chi connectivity index (χ2v) is 3.87. The van der Waals surface area contributed by atoms with Crippen LogP contribution in [-0.2, 0) is 12.4 Å². The van der Waals surface area contributed by atoms with Crippen LogP contribution in [0.5, 0.6) is 0 Å². The number of alkyl halides is 6. The molecule has 0 aliphatic heterocycles. The third kappa shape index (κ3) is 3.36. The van der Waals surface area contributed by atoms with E-state index in [4.69, 9.17) is 0 Å². The third-order valence-corrected chi connectivity index (χ3v) is 2.28. The van der Waals surface area contributed by atoms with Crippen molar-refractivity contribution in [3.63, 3.8) is 0 Å². The van der Waals surface area contributed by atoms with Crippen LogP contribution in [-0.4, -0.2) is 5.78 Å². The summed E-state index contributed by atoms with van der Waals surface area (Å²) in [5, 5.41) is 0. The molecule has 1 aromatic rings. The van der Waals surface area contributed by atoms with Gasteiger partial charge in [0.2, 0.25) is 0 Å². The van der Waals surface area contributed by atoms with Gasteiger partial charge in [-0.25, -0.2) is 0 Å². The molecule has 104 valence electrons. The maximum atomic E-state index is 12.7. The minimum absolute atomic E-state index is 0.0732. The summed E-state index contributed by atoms with van der Waals surface area (Å²) in [6.07, 6.45) is -9.97. The van der Waals surface area contributed by atoms with Gasteiger partial charge in [0.25, 0.3) is 0 Å². The third-order valence-electron chi connectivity index (χ3n) is 2.28. The predicted molar refractivity (Wildman–Crippen MR) is 55.6 cm³/mol. The monoisotopic (exact) mass is 282 g/mol. The van der Waals surface area contributed by atoms with Gasteiger partial charge < -0.3 is 0 Å². The fraction of sp³-hybridized carbons (Fsp3) is 0.250. The van der Waals surface area contributed by atoms with E-state index in [1.54, 1.807) is 0 Å². The Balaban J connectivity index is 3.51. The number of rotatable bonds is 2. The molecule has 0 radical (unpaired) electrons. The first-order valence-electron chi connectivity index (χ1n) is 4.93. The van der Waals surface area contributed by atoms with E-state index in [9.17, 15) is 31.1 Å². The van der Waals surface area contributed by atoms with Crippen molar-refractivity contribution in [1.29, 1.82) is 0 Å². The lowest BCUT2D eigenvalue weighted by atomic mass is 9.97. The zero-order chi connectivity index (χ0) is 15.0. The molecule has 0 unspecified atom stereocenters. The van der Waals surface area contributed by atoms with Gasteiger partial charge in [-0.05, 0) is 30.7 Å². The molecule has 1 rings (SSSR count). The first-order valence-corrected chi connectivity index (χ1v) is 4.93. The van der Waals surface area contributed by atoms with Crippen LogP contribution in [0.15, 0.2) is 30.4 Å². The van der Waals surface area contributed by atoms with Crippen LogP contribution in [0, 0.1) is 0 Å². The van der Waals surface area contributed by atoms with E-state index in [-0.39, 0.29) is 11.6 Å². The molecule has 7 heteroatoms. The van der Waals surface area contributed by atoms with Crippen molar-refractivity contribution in [2.75, 3.05) is 0 Å². The fourth-order valence-corrected chi connectivity index (χ4v) is 1.38. The van der Waals surface area contributed by atoms with Crippen molar-refractivity contribution in [2.45, 2.75) is 19.3 Å². The van der Waals surface area contributed by atoms with Gasteiger partial charge in [-0.15, -0.1) is 0 Å². The van der Waals surface area contributed by atoms with Gasteiger partial charge in [0.05, 0.1) is 11.1 Å². The Kier molecular flexibility index (Phi) is 3.79. The Morgan fingerprint density at radius 3 is 1.95 bits per heavy atom. The van der Waals surface area contributed by atoms with Crippen LogP contribution in [0.25, 0.3) is 0 Å². The van der Waals surface area contributed by atoms with E-state index in [2.05, 4.69) is 6.58 Å². The average Bonchev–Trinajstić information content (AvgIpc) is 2.24. The minimum atomic E-state index is -5.05. The lowest BCUT2D eigenvalue weighted by Crippen LogP contribution is -2.16. The number of carbonyl (C=O) groups is 1. The number of hydrogen-bond acceptors (Lipinski definition) is 1. The first-order chi connectivity index (χ1) is 8.44. The number of benzene rings is 1. The number of allylic oxidation sites excluding steroid dienone is 1. The van der Waals surface area contributed by atoms with Gasteiger partial charge >= 0.3 is 12.4 Å². The molecule has 0 N–H and O–H groups in total. The van der Waals surface area contributed by atoms with E-state index >= 15 is 0 Å². The smallest absolute Gasteiger partial charge is 0.289 e. The second kappa shape index (κ2) is 4.71. The number of carbonyl (C=O) groups excluding carboxylic acids is 1. The maximum Gasteiger partial charge on any atom is 0.417 e. The van der Waals surface area contributed by atoms with E-state index in [0.717, 1.165) is 0 Å². The number of halogens is 6. The van der Waals surface area contributed by atoms with Crippen molar-refractivity contribution < 1.29 is 31.1 Å². The molecular weight excluding hydrogens is 274 g/mol. The van der Waals surface area contributed by atoms with Crippen LogP contribution < -0.4 is 0 Å². The molecule has 0 spiro atoms. The predicted octanol–water partition coefficient (Wildman–Crippen LogP) is 4.48. The van der Waals surface area contributed by atoms with Gasteiger partial charge in [-0.3, -0.25) is 4.79 Å². The van der Waals surface area contributed by atoms with Gasteiger partial charge in [-0.1, -0.05) is 6.58 Å². The molecule has 1 nitrogen and oxygen atoms in total. The quantitative estimate of drug-likeness (QED) is 0.444. The fourth-order valence-electron chi connectivity index (χ4n) is 1.38. The summed E-state index contributed by atoms with van der Waals surface area (Å²) in [6, 6.07) is 0.879. The van der Waals surface area contributed by atoms with E-state index < -0.39 is 34.8 Å². The first kappa shape index (κ1) is 15.3. The highest BCUT2D eigenvalue weighted by molar-refractivity contribution is 6.09. The van der Waals surface area contributed by atoms with E-state index in [0.29, 0.717) is 12.1 Å². The minimum Gasteiger partial charge on any atom is -0.289 e. The zero-order valence-electron chi connectivity index (χ0n) is 9.62. The molecule has 0 heterocycles. The molecule has 19 heavy (non-hydrogen) atoms. The summed E-state index contributed by atoms with van der Waals surface area (Å²) < 4.78 is 75.2. The molecule has 0 amide bonds. The molecule has 0 atom stereocenters. The SMILES string of the molecule is C=C(C)C(=O)c1ccc(C(F)(F)F)cc1C(F)(F)F. The molecule has 0 aliphatic rings. The molecule has 0 fully saturated rings. The average molecular weight is 282 g/mol. The maximum absolute atomic E-state index is 12.7.